The van der Waals surface area contributed by atoms with Gasteiger partial charge in [0.2, 0.25) is 0 Å². The molecule has 0 saturated carbocycles. The molecule has 1 N–H and O–H groups in total. The predicted molar refractivity (Wildman–Crippen MR) is 94.0 cm³/mol. The summed E-state index contributed by atoms with van der Waals surface area (Å²) >= 11 is 0. The quantitative estimate of drug-likeness (QED) is 0.796. The largest absolute Gasteiger partial charge is 0.497 e. The van der Waals surface area contributed by atoms with Gasteiger partial charge in [-0.3, -0.25) is 9.78 Å². The van der Waals surface area contributed by atoms with Crippen molar-refractivity contribution < 1.29 is 9.53 Å². The number of carbonyl (C=O) groups is 1. The van der Waals surface area contributed by atoms with E-state index in [1.165, 1.54) is 0 Å². The third kappa shape index (κ3) is 3.01. The Labute approximate surface area is 140 Å². The van der Waals surface area contributed by atoms with Gasteiger partial charge >= 0.3 is 0 Å². The van der Waals surface area contributed by atoms with Crippen LogP contribution in [0.3, 0.4) is 0 Å². The number of hydrogen-bond acceptors (Lipinski definition) is 3. The molecule has 0 saturated heterocycles. The van der Waals surface area contributed by atoms with Crippen LogP contribution in [0.5, 0.6) is 5.75 Å². The van der Waals surface area contributed by atoms with Crippen LogP contribution in [0.15, 0.2) is 54.9 Å². The zero-order chi connectivity index (χ0) is 17.1. The van der Waals surface area contributed by atoms with Crippen LogP contribution in [0, 0.1) is 13.8 Å². The molecule has 3 rings (SSSR count). The fraction of sp³-hybridized carbons (Fsp3) is 0.158. The molecule has 2 aromatic heterocycles. The zero-order valence-electron chi connectivity index (χ0n) is 13.9. The second-order valence-electron chi connectivity index (χ2n) is 5.51. The van der Waals surface area contributed by atoms with E-state index in [1.54, 1.807) is 25.6 Å². The van der Waals surface area contributed by atoms with Gasteiger partial charge in [0.05, 0.1) is 24.6 Å². The minimum absolute atomic E-state index is 0.143. The molecule has 1 amide bonds. The third-order valence-corrected chi connectivity index (χ3v) is 3.93. The number of ether oxygens (including phenoxy) is 1. The highest BCUT2D eigenvalue weighted by Gasteiger charge is 2.17. The smallest absolute Gasteiger partial charge is 0.257 e. The number of rotatable bonds is 4. The molecule has 0 fully saturated rings. The number of amides is 1. The van der Waals surface area contributed by atoms with Gasteiger partial charge in [0.15, 0.2) is 0 Å². The number of aryl methyl sites for hydroxylation is 1. The van der Waals surface area contributed by atoms with Gasteiger partial charge in [-0.25, -0.2) is 0 Å². The van der Waals surface area contributed by atoms with Crippen molar-refractivity contribution in [1.82, 2.24) is 9.55 Å². The molecule has 0 aliphatic heterocycles. The summed E-state index contributed by atoms with van der Waals surface area (Å²) in [7, 11) is 1.64. The number of hydrogen-bond donors (Lipinski definition) is 1. The fourth-order valence-corrected chi connectivity index (χ4v) is 2.76. The summed E-state index contributed by atoms with van der Waals surface area (Å²) in [4.78, 5) is 16.6. The molecular weight excluding hydrogens is 302 g/mol. The van der Waals surface area contributed by atoms with E-state index in [0.29, 0.717) is 11.3 Å². The highest BCUT2D eigenvalue weighted by atomic mass is 16.5. The lowest BCUT2D eigenvalue weighted by Crippen LogP contribution is -2.13. The lowest BCUT2D eigenvalue weighted by Gasteiger charge is -2.11. The Kier molecular flexibility index (Phi) is 4.33. The first-order valence-electron chi connectivity index (χ1n) is 7.65. The number of anilines is 1. The van der Waals surface area contributed by atoms with Crippen molar-refractivity contribution in [1.29, 1.82) is 0 Å². The van der Waals surface area contributed by atoms with E-state index in [-0.39, 0.29) is 5.91 Å². The van der Waals surface area contributed by atoms with Crippen LogP contribution in [-0.2, 0) is 0 Å². The van der Waals surface area contributed by atoms with E-state index >= 15 is 0 Å². The molecular formula is C19H19N3O2. The second-order valence-corrected chi connectivity index (χ2v) is 5.51. The molecule has 0 radical (unpaired) electrons. The van der Waals surface area contributed by atoms with Gasteiger partial charge in [0.25, 0.3) is 5.91 Å². The van der Waals surface area contributed by atoms with E-state index in [0.717, 1.165) is 22.8 Å². The standard InChI is InChI=1S/C19H19N3O2/c1-13-11-18(19(23)21-15-5-4-10-20-12-15)14(2)22(13)16-6-8-17(24-3)9-7-16/h4-12H,1-3H3,(H,21,23). The first kappa shape index (κ1) is 15.8. The van der Waals surface area contributed by atoms with Crippen LogP contribution in [0.1, 0.15) is 21.7 Å². The maximum Gasteiger partial charge on any atom is 0.257 e. The van der Waals surface area contributed by atoms with Gasteiger partial charge in [-0.15, -0.1) is 0 Å². The maximum atomic E-state index is 12.6. The van der Waals surface area contributed by atoms with Gasteiger partial charge in [0.1, 0.15) is 5.75 Å². The van der Waals surface area contributed by atoms with Gasteiger partial charge in [-0.2, -0.15) is 0 Å². The van der Waals surface area contributed by atoms with Crippen molar-refractivity contribution in [2.24, 2.45) is 0 Å². The third-order valence-electron chi connectivity index (χ3n) is 3.93. The molecule has 5 nitrogen and oxygen atoms in total. The SMILES string of the molecule is COc1ccc(-n2c(C)cc(C(=O)Nc3cccnc3)c2C)cc1. The first-order valence-corrected chi connectivity index (χ1v) is 7.65. The molecule has 1 aromatic carbocycles. The fourth-order valence-electron chi connectivity index (χ4n) is 2.76. The van der Waals surface area contributed by atoms with Crippen molar-refractivity contribution >= 4 is 11.6 Å². The lowest BCUT2D eigenvalue weighted by atomic mass is 10.2. The number of aromatic nitrogens is 2. The zero-order valence-corrected chi connectivity index (χ0v) is 13.9. The van der Waals surface area contributed by atoms with E-state index in [9.17, 15) is 4.79 Å². The number of pyridine rings is 1. The van der Waals surface area contributed by atoms with E-state index in [2.05, 4.69) is 14.9 Å². The second kappa shape index (κ2) is 6.58. The summed E-state index contributed by atoms with van der Waals surface area (Å²) in [6.07, 6.45) is 3.30. The van der Waals surface area contributed by atoms with Crippen molar-refractivity contribution in [3.05, 3.63) is 71.8 Å². The van der Waals surface area contributed by atoms with Crippen molar-refractivity contribution in [2.75, 3.05) is 12.4 Å². The predicted octanol–water partition coefficient (Wildman–Crippen LogP) is 3.75. The van der Waals surface area contributed by atoms with Gasteiger partial charge < -0.3 is 14.6 Å². The van der Waals surface area contributed by atoms with Crippen LogP contribution in [-0.4, -0.2) is 22.6 Å². The molecule has 0 aliphatic rings. The van der Waals surface area contributed by atoms with E-state index < -0.39 is 0 Å². The Morgan fingerprint density at radius 3 is 2.54 bits per heavy atom. The Hall–Kier alpha value is -3.08. The first-order chi connectivity index (χ1) is 11.6. The number of methoxy groups -OCH3 is 1. The van der Waals surface area contributed by atoms with Crippen LogP contribution < -0.4 is 10.1 Å². The molecule has 122 valence electrons. The Morgan fingerprint density at radius 2 is 1.92 bits per heavy atom. The van der Waals surface area contributed by atoms with Crippen LogP contribution >= 0.6 is 0 Å². The number of nitrogens with zero attached hydrogens (tertiary/aromatic N) is 2. The summed E-state index contributed by atoms with van der Waals surface area (Å²) in [5, 5.41) is 2.87. The average Bonchev–Trinajstić information content (AvgIpc) is 2.90. The van der Waals surface area contributed by atoms with Gasteiger partial charge in [-0.05, 0) is 56.3 Å². The summed E-state index contributed by atoms with van der Waals surface area (Å²) < 4.78 is 7.25. The Balaban J connectivity index is 1.92. The normalized spacial score (nSPS) is 10.5. The molecule has 5 heteroatoms. The monoisotopic (exact) mass is 321 g/mol. The average molecular weight is 321 g/mol. The summed E-state index contributed by atoms with van der Waals surface area (Å²) in [6.45, 7) is 3.92. The highest BCUT2D eigenvalue weighted by Crippen LogP contribution is 2.23. The molecule has 0 atom stereocenters. The lowest BCUT2D eigenvalue weighted by molar-refractivity contribution is 0.102. The molecule has 0 unspecified atom stereocenters. The molecule has 2 heterocycles. The number of benzene rings is 1. The van der Waals surface area contributed by atoms with Crippen LogP contribution in [0.4, 0.5) is 5.69 Å². The molecule has 0 bridgehead atoms. The van der Waals surface area contributed by atoms with Gasteiger partial charge in [-0.1, -0.05) is 0 Å². The molecule has 24 heavy (non-hydrogen) atoms. The minimum atomic E-state index is -0.143. The van der Waals surface area contributed by atoms with E-state index in [4.69, 9.17) is 4.74 Å². The number of nitrogens with one attached hydrogen (secondary N) is 1. The van der Waals surface area contributed by atoms with Crippen LogP contribution in [0.25, 0.3) is 5.69 Å². The summed E-state index contributed by atoms with van der Waals surface area (Å²) in [6, 6.07) is 13.3. The topological polar surface area (TPSA) is 56.1 Å². The van der Waals surface area contributed by atoms with Gasteiger partial charge in [0, 0.05) is 23.3 Å². The van der Waals surface area contributed by atoms with Crippen molar-refractivity contribution in [2.45, 2.75) is 13.8 Å². The van der Waals surface area contributed by atoms with E-state index in [1.807, 2.05) is 50.2 Å². The molecule has 0 aliphatic carbocycles. The minimum Gasteiger partial charge on any atom is -0.497 e. The maximum absolute atomic E-state index is 12.6. The van der Waals surface area contributed by atoms with Crippen molar-refractivity contribution in [3.63, 3.8) is 0 Å². The van der Waals surface area contributed by atoms with Crippen molar-refractivity contribution in [3.8, 4) is 11.4 Å². The van der Waals surface area contributed by atoms with Crippen LogP contribution in [0.2, 0.25) is 0 Å². The summed E-state index contributed by atoms with van der Waals surface area (Å²) in [5.41, 5.74) is 4.20. The Bertz CT molecular complexity index is 852. The molecule has 3 aromatic rings. The highest BCUT2D eigenvalue weighted by molar-refractivity contribution is 6.05. The summed E-state index contributed by atoms with van der Waals surface area (Å²) in [5.74, 6) is 0.659. The Morgan fingerprint density at radius 1 is 1.17 bits per heavy atom. The number of carbonyl (C=O) groups excluding carboxylic acids is 1. The molecule has 0 spiro atoms.